The van der Waals surface area contributed by atoms with Crippen LogP contribution in [0.5, 0.6) is 0 Å². The number of rotatable bonds is 0. The van der Waals surface area contributed by atoms with E-state index in [9.17, 15) is 0 Å². The summed E-state index contributed by atoms with van der Waals surface area (Å²) in [6.45, 7) is 4.15. The van der Waals surface area contributed by atoms with Gasteiger partial charge in [-0.25, -0.2) is 0 Å². The minimum absolute atomic E-state index is 0. The van der Waals surface area contributed by atoms with Crippen molar-refractivity contribution in [2.24, 2.45) is 0 Å². The third kappa shape index (κ3) is 1.61. The van der Waals surface area contributed by atoms with Gasteiger partial charge in [-0.15, -0.1) is 12.4 Å². The third-order valence-corrected chi connectivity index (χ3v) is 3.47. The Morgan fingerprint density at radius 2 is 2.12 bits per heavy atom. The second-order valence-electron chi connectivity index (χ2n) is 4.12. The molecule has 0 fully saturated rings. The van der Waals surface area contributed by atoms with Crippen molar-refractivity contribution in [3.05, 3.63) is 34.0 Å². The summed E-state index contributed by atoms with van der Waals surface area (Å²) in [6.07, 6.45) is 1.07. The smallest absolute Gasteiger partial charge is 0.0651 e. The number of fused-ring (bicyclic) bond motifs is 3. The summed E-state index contributed by atoms with van der Waals surface area (Å²) >= 11 is 6.20. The van der Waals surface area contributed by atoms with Gasteiger partial charge in [0.25, 0.3) is 0 Å². The lowest BCUT2D eigenvalue weighted by atomic mass is 10.0. The topological polar surface area (TPSA) is 27.8 Å². The normalized spacial score (nSPS) is 14.6. The number of benzene rings is 1. The highest BCUT2D eigenvalue weighted by Crippen LogP contribution is 2.32. The van der Waals surface area contributed by atoms with Crippen LogP contribution in [0.1, 0.15) is 16.8 Å². The molecule has 4 heteroatoms. The van der Waals surface area contributed by atoms with E-state index >= 15 is 0 Å². The number of aromatic amines is 1. The molecule has 1 aliphatic heterocycles. The van der Waals surface area contributed by atoms with Gasteiger partial charge >= 0.3 is 0 Å². The van der Waals surface area contributed by atoms with Gasteiger partial charge in [-0.1, -0.05) is 17.7 Å². The molecule has 0 saturated heterocycles. The van der Waals surface area contributed by atoms with E-state index in [0.29, 0.717) is 0 Å². The Hall–Kier alpha value is -0.700. The predicted octanol–water partition coefficient (Wildman–Crippen LogP) is 3.20. The fourth-order valence-corrected chi connectivity index (χ4v) is 2.61. The van der Waals surface area contributed by atoms with Crippen molar-refractivity contribution in [3.8, 4) is 0 Å². The lowest BCUT2D eigenvalue weighted by Crippen LogP contribution is -2.22. The number of aryl methyl sites for hydroxylation is 1. The van der Waals surface area contributed by atoms with Crippen LogP contribution in [0.2, 0.25) is 5.02 Å². The molecule has 86 valence electrons. The summed E-state index contributed by atoms with van der Waals surface area (Å²) in [5.41, 5.74) is 5.15. The SMILES string of the molecule is Cc1ccc(Cl)c2[nH]c3c(c12)CNCC3.Cl. The molecule has 0 bridgehead atoms. The Bertz CT molecular complexity index is 531. The maximum absolute atomic E-state index is 6.20. The maximum Gasteiger partial charge on any atom is 0.0651 e. The van der Waals surface area contributed by atoms with Gasteiger partial charge in [-0.3, -0.25) is 0 Å². The number of hydrogen-bond acceptors (Lipinski definition) is 1. The molecule has 0 saturated carbocycles. The zero-order chi connectivity index (χ0) is 10.4. The van der Waals surface area contributed by atoms with Gasteiger partial charge in [0.2, 0.25) is 0 Å². The molecule has 1 aromatic carbocycles. The average molecular weight is 257 g/mol. The van der Waals surface area contributed by atoms with Crippen LogP contribution in [-0.2, 0) is 13.0 Å². The average Bonchev–Trinajstić information content (AvgIpc) is 2.64. The molecule has 0 unspecified atom stereocenters. The van der Waals surface area contributed by atoms with E-state index in [4.69, 9.17) is 11.6 Å². The van der Waals surface area contributed by atoms with Crippen molar-refractivity contribution in [1.82, 2.24) is 10.3 Å². The van der Waals surface area contributed by atoms with Gasteiger partial charge in [0.1, 0.15) is 0 Å². The zero-order valence-electron chi connectivity index (χ0n) is 9.06. The molecule has 0 atom stereocenters. The van der Waals surface area contributed by atoms with Gasteiger partial charge in [-0.05, 0) is 24.1 Å². The standard InChI is InChI=1S/C12H13ClN2.ClH/c1-7-2-3-9(13)12-11(7)8-6-14-5-4-10(8)15-12;/h2-3,14-15H,4-6H2,1H3;1H. The van der Waals surface area contributed by atoms with Crippen LogP contribution in [0.15, 0.2) is 12.1 Å². The van der Waals surface area contributed by atoms with E-state index in [1.807, 2.05) is 6.07 Å². The number of nitrogens with one attached hydrogen (secondary N) is 2. The molecule has 1 aromatic heterocycles. The fourth-order valence-electron chi connectivity index (χ4n) is 2.40. The van der Waals surface area contributed by atoms with Crippen LogP contribution >= 0.6 is 24.0 Å². The largest absolute Gasteiger partial charge is 0.357 e. The molecule has 0 amide bonds. The van der Waals surface area contributed by atoms with E-state index < -0.39 is 0 Å². The lowest BCUT2D eigenvalue weighted by Gasteiger charge is -2.13. The molecule has 16 heavy (non-hydrogen) atoms. The Labute approximate surface area is 106 Å². The van der Waals surface area contributed by atoms with Crippen LogP contribution < -0.4 is 5.32 Å². The quantitative estimate of drug-likeness (QED) is 0.745. The molecule has 0 spiro atoms. The Kier molecular flexibility index (Phi) is 3.15. The summed E-state index contributed by atoms with van der Waals surface area (Å²) in [4.78, 5) is 3.45. The Balaban J connectivity index is 0.000000963. The molecule has 2 aromatic rings. The van der Waals surface area contributed by atoms with Crippen LogP contribution in [0, 0.1) is 6.92 Å². The Morgan fingerprint density at radius 1 is 1.31 bits per heavy atom. The van der Waals surface area contributed by atoms with Crippen LogP contribution in [0.4, 0.5) is 0 Å². The van der Waals surface area contributed by atoms with E-state index in [1.165, 1.54) is 22.2 Å². The monoisotopic (exact) mass is 256 g/mol. The van der Waals surface area contributed by atoms with Gasteiger partial charge in [0.05, 0.1) is 10.5 Å². The maximum atomic E-state index is 6.20. The number of H-pyrrole nitrogens is 1. The molecule has 0 radical (unpaired) electrons. The van der Waals surface area contributed by atoms with Crippen molar-refractivity contribution in [2.75, 3.05) is 6.54 Å². The summed E-state index contributed by atoms with van der Waals surface area (Å²) in [5.74, 6) is 0. The van der Waals surface area contributed by atoms with Crippen LogP contribution in [-0.4, -0.2) is 11.5 Å². The van der Waals surface area contributed by atoms with Crippen LogP contribution in [0.3, 0.4) is 0 Å². The molecule has 2 heterocycles. The lowest BCUT2D eigenvalue weighted by molar-refractivity contribution is 0.640. The summed E-state index contributed by atoms with van der Waals surface area (Å²) in [7, 11) is 0. The van der Waals surface area contributed by atoms with E-state index in [1.54, 1.807) is 0 Å². The minimum atomic E-state index is 0. The summed E-state index contributed by atoms with van der Waals surface area (Å²) in [5, 5.41) is 5.54. The molecule has 3 rings (SSSR count). The Morgan fingerprint density at radius 3 is 2.94 bits per heavy atom. The van der Waals surface area contributed by atoms with Crippen LogP contribution in [0.25, 0.3) is 10.9 Å². The molecular formula is C12H14Cl2N2. The summed E-state index contributed by atoms with van der Waals surface area (Å²) in [6, 6.07) is 4.06. The van der Waals surface area contributed by atoms with Crippen molar-refractivity contribution in [3.63, 3.8) is 0 Å². The number of hydrogen-bond donors (Lipinski definition) is 2. The van der Waals surface area contributed by atoms with Crippen molar-refractivity contribution >= 4 is 34.9 Å². The molecule has 1 aliphatic rings. The highest BCUT2D eigenvalue weighted by molar-refractivity contribution is 6.35. The third-order valence-electron chi connectivity index (χ3n) is 3.16. The predicted molar refractivity (Wildman–Crippen MR) is 70.7 cm³/mol. The van der Waals surface area contributed by atoms with E-state index in [-0.39, 0.29) is 12.4 Å². The summed E-state index contributed by atoms with van der Waals surface area (Å²) < 4.78 is 0. The molecule has 2 N–H and O–H groups in total. The molecule has 0 aliphatic carbocycles. The first-order chi connectivity index (χ1) is 7.27. The van der Waals surface area contributed by atoms with E-state index in [2.05, 4.69) is 23.3 Å². The van der Waals surface area contributed by atoms with Gasteiger partial charge < -0.3 is 10.3 Å². The van der Waals surface area contributed by atoms with E-state index in [0.717, 1.165) is 30.0 Å². The van der Waals surface area contributed by atoms with Crippen molar-refractivity contribution in [1.29, 1.82) is 0 Å². The molecular weight excluding hydrogens is 243 g/mol. The van der Waals surface area contributed by atoms with Crippen molar-refractivity contribution in [2.45, 2.75) is 19.9 Å². The first kappa shape index (κ1) is 11.8. The fraction of sp³-hybridized carbons (Fsp3) is 0.333. The minimum Gasteiger partial charge on any atom is -0.357 e. The number of halogens is 2. The van der Waals surface area contributed by atoms with Crippen molar-refractivity contribution < 1.29 is 0 Å². The highest BCUT2D eigenvalue weighted by atomic mass is 35.5. The zero-order valence-corrected chi connectivity index (χ0v) is 10.6. The highest BCUT2D eigenvalue weighted by Gasteiger charge is 2.17. The van der Waals surface area contributed by atoms with Gasteiger partial charge in [0.15, 0.2) is 0 Å². The van der Waals surface area contributed by atoms with Gasteiger partial charge in [0, 0.05) is 30.6 Å². The second-order valence-corrected chi connectivity index (χ2v) is 4.53. The molecule has 2 nitrogen and oxygen atoms in total. The second kappa shape index (κ2) is 4.28. The first-order valence-electron chi connectivity index (χ1n) is 5.26. The van der Waals surface area contributed by atoms with Gasteiger partial charge in [-0.2, -0.15) is 0 Å². The number of aromatic nitrogens is 1. The first-order valence-corrected chi connectivity index (χ1v) is 5.64.